The highest BCUT2D eigenvalue weighted by Gasteiger charge is 2.36. The Balaban J connectivity index is 2.22. The molecule has 1 aromatic carbocycles. The third kappa shape index (κ3) is 3.62. The number of phenols is 1. The van der Waals surface area contributed by atoms with E-state index in [1.807, 2.05) is 12.1 Å². The van der Waals surface area contributed by atoms with Crippen molar-refractivity contribution in [2.75, 3.05) is 38.6 Å². The highest BCUT2D eigenvalue weighted by atomic mass is 16.5. The summed E-state index contributed by atoms with van der Waals surface area (Å²) in [4.78, 5) is 4.58. The van der Waals surface area contributed by atoms with Crippen molar-refractivity contribution >= 4 is 5.69 Å². The zero-order valence-electron chi connectivity index (χ0n) is 13.7. The van der Waals surface area contributed by atoms with E-state index < -0.39 is 0 Å². The minimum absolute atomic E-state index is 0.109. The van der Waals surface area contributed by atoms with Gasteiger partial charge in [-0.1, -0.05) is 13.8 Å². The van der Waals surface area contributed by atoms with Crippen LogP contribution in [0.25, 0.3) is 0 Å². The van der Waals surface area contributed by atoms with E-state index in [0.29, 0.717) is 5.75 Å². The van der Waals surface area contributed by atoms with E-state index in [9.17, 15) is 5.11 Å². The fourth-order valence-electron chi connectivity index (χ4n) is 2.93. The van der Waals surface area contributed by atoms with Crippen LogP contribution in [0.1, 0.15) is 33.1 Å². The number of fused-ring (bicyclic) bond motifs is 1. The molecule has 0 fully saturated rings. The first-order chi connectivity index (χ1) is 9.99. The van der Waals surface area contributed by atoms with E-state index in [2.05, 4.69) is 37.7 Å². The van der Waals surface area contributed by atoms with Crippen LogP contribution in [0.5, 0.6) is 11.5 Å². The molecule has 2 rings (SSSR count). The summed E-state index contributed by atoms with van der Waals surface area (Å²) in [5, 5.41) is 9.77. The normalized spacial score (nSPS) is 16.7. The van der Waals surface area contributed by atoms with E-state index in [1.54, 1.807) is 6.07 Å². The van der Waals surface area contributed by atoms with Crippen molar-refractivity contribution in [1.29, 1.82) is 0 Å². The molecule has 4 heteroatoms. The van der Waals surface area contributed by atoms with Crippen molar-refractivity contribution in [2.45, 2.75) is 38.7 Å². The van der Waals surface area contributed by atoms with Crippen LogP contribution >= 0.6 is 0 Å². The van der Waals surface area contributed by atoms with E-state index in [4.69, 9.17) is 4.74 Å². The molecule has 0 unspecified atom stereocenters. The molecule has 0 aromatic heterocycles. The van der Waals surface area contributed by atoms with Crippen LogP contribution in [0.15, 0.2) is 18.2 Å². The summed E-state index contributed by atoms with van der Waals surface area (Å²) in [6, 6.07) is 5.42. The van der Waals surface area contributed by atoms with Gasteiger partial charge in [-0.05, 0) is 52.0 Å². The fourth-order valence-corrected chi connectivity index (χ4v) is 2.93. The number of aromatic hydroxyl groups is 1. The fraction of sp³-hybridized carbons (Fsp3) is 0.647. The van der Waals surface area contributed by atoms with Gasteiger partial charge >= 0.3 is 0 Å². The molecule has 0 atom stereocenters. The van der Waals surface area contributed by atoms with E-state index in [1.165, 1.54) is 0 Å². The maximum absolute atomic E-state index is 9.77. The van der Waals surface area contributed by atoms with E-state index in [0.717, 1.165) is 50.3 Å². The predicted molar refractivity (Wildman–Crippen MR) is 87.4 cm³/mol. The van der Waals surface area contributed by atoms with Crippen LogP contribution in [0, 0.1) is 0 Å². The third-order valence-electron chi connectivity index (χ3n) is 4.41. The molecule has 0 aliphatic carbocycles. The molecule has 0 saturated heterocycles. The number of hydrogen-bond donors (Lipinski definition) is 1. The minimum Gasteiger partial charge on any atom is -0.508 e. The van der Waals surface area contributed by atoms with Crippen molar-refractivity contribution in [3.63, 3.8) is 0 Å². The van der Waals surface area contributed by atoms with Crippen molar-refractivity contribution in [1.82, 2.24) is 4.90 Å². The molecule has 0 radical (unpaired) electrons. The molecule has 1 aliphatic heterocycles. The smallest absolute Gasteiger partial charge is 0.143 e. The van der Waals surface area contributed by atoms with Crippen LogP contribution in [0.2, 0.25) is 0 Å². The van der Waals surface area contributed by atoms with Crippen molar-refractivity contribution in [3.8, 4) is 11.5 Å². The quantitative estimate of drug-likeness (QED) is 0.874. The second kappa shape index (κ2) is 6.56. The molecule has 0 amide bonds. The zero-order chi connectivity index (χ0) is 15.5. The van der Waals surface area contributed by atoms with Gasteiger partial charge in [0.05, 0.1) is 12.2 Å². The number of anilines is 1. The lowest BCUT2D eigenvalue weighted by molar-refractivity contribution is 0.0572. The summed E-state index contributed by atoms with van der Waals surface area (Å²) >= 11 is 0. The molecule has 0 spiro atoms. The van der Waals surface area contributed by atoms with E-state index in [-0.39, 0.29) is 5.60 Å². The number of phenolic OH excluding ortho intramolecular Hbond substituents is 1. The first-order valence-electron chi connectivity index (χ1n) is 7.91. The van der Waals surface area contributed by atoms with E-state index >= 15 is 0 Å². The number of rotatable bonds is 6. The Labute approximate surface area is 128 Å². The van der Waals surface area contributed by atoms with Crippen LogP contribution < -0.4 is 9.64 Å². The van der Waals surface area contributed by atoms with Crippen molar-refractivity contribution in [3.05, 3.63) is 18.2 Å². The Kier molecular flexibility index (Phi) is 4.99. The van der Waals surface area contributed by atoms with Gasteiger partial charge in [0.25, 0.3) is 0 Å². The molecule has 1 heterocycles. The van der Waals surface area contributed by atoms with Gasteiger partial charge in [-0.15, -0.1) is 0 Å². The molecule has 0 saturated carbocycles. The SMILES string of the molecule is CCC1(CC)CN(CCCN(C)C)c2cc(O)ccc2O1. The standard InChI is InChI=1S/C17H28N2O2/c1-5-17(6-2)13-19(11-7-10-18(3)4)15-12-14(20)8-9-16(15)21-17/h8-9,12,20H,5-7,10-11,13H2,1-4H3. The Morgan fingerprint density at radius 3 is 2.62 bits per heavy atom. The summed E-state index contributed by atoms with van der Waals surface area (Å²) in [5.74, 6) is 1.20. The van der Waals surface area contributed by atoms with Gasteiger partial charge in [0, 0.05) is 12.6 Å². The topological polar surface area (TPSA) is 35.9 Å². The molecule has 4 nitrogen and oxygen atoms in total. The van der Waals surface area contributed by atoms with Gasteiger partial charge in [-0.3, -0.25) is 0 Å². The minimum atomic E-state index is -0.109. The lowest BCUT2D eigenvalue weighted by Crippen LogP contribution is -2.50. The second-order valence-electron chi connectivity index (χ2n) is 6.22. The predicted octanol–water partition coefficient (Wildman–Crippen LogP) is 3.10. The van der Waals surface area contributed by atoms with Gasteiger partial charge < -0.3 is 19.6 Å². The lowest BCUT2D eigenvalue weighted by atomic mass is 9.93. The zero-order valence-corrected chi connectivity index (χ0v) is 13.7. The van der Waals surface area contributed by atoms with Gasteiger partial charge in [-0.2, -0.15) is 0 Å². The van der Waals surface area contributed by atoms with Gasteiger partial charge in [0.1, 0.15) is 17.1 Å². The third-order valence-corrected chi connectivity index (χ3v) is 4.41. The average Bonchev–Trinajstić information content (AvgIpc) is 2.47. The Hall–Kier alpha value is -1.42. The number of benzene rings is 1. The molecular weight excluding hydrogens is 264 g/mol. The Morgan fingerprint density at radius 1 is 1.29 bits per heavy atom. The molecule has 1 aromatic rings. The van der Waals surface area contributed by atoms with Gasteiger partial charge in [0.2, 0.25) is 0 Å². The molecule has 118 valence electrons. The molecule has 21 heavy (non-hydrogen) atoms. The van der Waals surface area contributed by atoms with Crippen molar-refractivity contribution < 1.29 is 9.84 Å². The van der Waals surface area contributed by atoms with Crippen molar-refractivity contribution in [2.24, 2.45) is 0 Å². The van der Waals surface area contributed by atoms with Crippen LogP contribution in [-0.4, -0.2) is 49.3 Å². The van der Waals surface area contributed by atoms with Gasteiger partial charge in [-0.25, -0.2) is 0 Å². The molecule has 1 N–H and O–H groups in total. The Morgan fingerprint density at radius 2 is 2.00 bits per heavy atom. The molecule has 1 aliphatic rings. The summed E-state index contributed by atoms with van der Waals surface area (Å²) < 4.78 is 6.27. The largest absolute Gasteiger partial charge is 0.508 e. The number of ether oxygens (including phenoxy) is 1. The number of hydrogen-bond acceptors (Lipinski definition) is 4. The summed E-state index contributed by atoms with van der Waals surface area (Å²) in [7, 11) is 4.20. The van der Waals surface area contributed by atoms with Crippen LogP contribution in [0.4, 0.5) is 5.69 Å². The maximum atomic E-state index is 9.77. The number of nitrogens with zero attached hydrogens (tertiary/aromatic N) is 2. The second-order valence-corrected chi connectivity index (χ2v) is 6.22. The van der Waals surface area contributed by atoms with Gasteiger partial charge in [0.15, 0.2) is 0 Å². The lowest BCUT2D eigenvalue weighted by Gasteiger charge is -2.44. The Bertz CT molecular complexity index is 470. The van der Waals surface area contributed by atoms with Crippen LogP contribution in [0.3, 0.4) is 0 Å². The summed E-state index contributed by atoms with van der Waals surface area (Å²) in [6.45, 7) is 7.32. The first-order valence-corrected chi connectivity index (χ1v) is 7.91. The van der Waals surface area contributed by atoms with Crippen LogP contribution in [-0.2, 0) is 0 Å². The monoisotopic (exact) mass is 292 g/mol. The summed E-state index contributed by atoms with van der Waals surface area (Å²) in [5.41, 5.74) is 0.911. The molecular formula is C17H28N2O2. The highest BCUT2D eigenvalue weighted by molar-refractivity contribution is 5.63. The first kappa shape index (κ1) is 16.0. The highest BCUT2D eigenvalue weighted by Crippen LogP contribution is 2.41. The average molecular weight is 292 g/mol. The molecule has 0 bridgehead atoms. The maximum Gasteiger partial charge on any atom is 0.143 e. The summed E-state index contributed by atoms with van der Waals surface area (Å²) in [6.07, 6.45) is 3.09.